The lowest BCUT2D eigenvalue weighted by Gasteiger charge is -2.15. The molecule has 0 unspecified atom stereocenters. The van der Waals surface area contributed by atoms with E-state index >= 15 is 0 Å². The van der Waals surface area contributed by atoms with Crippen LogP contribution in [-0.4, -0.2) is 11.4 Å². The molecule has 110 valence electrons. The fourth-order valence-electron chi connectivity index (χ4n) is 2.67. The number of aryl methyl sites for hydroxylation is 1. The van der Waals surface area contributed by atoms with Gasteiger partial charge in [-0.25, -0.2) is 0 Å². The fraction of sp³-hybridized carbons (Fsp3) is 0.312. The van der Waals surface area contributed by atoms with Crippen molar-refractivity contribution in [1.82, 2.24) is 4.57 Å². The first-order valence-corrected chi connectivity index (χ1v) is 6.99. The molecule has 1 aliphatic heterocycles. The summed E-state index contributed by atoms with van der Waals surface area (Å²) in [5.41, 5.74) is 9.06. The quantitative estimate of drug-likeness (QED) is 0.937. The van der Waals surface area contributed by atoms with Crippen LogP contribution < -0.4 is 20.8 Å². The maximum atomic E-state index is 12.5. The standard InChI is InChI=1S/C16H18N2O3/c1-3-18-13(6-10(2)12(8-17)16(18)19)11-4-5-14-15(7-11)21-9-20-14/h4-7H,3,8-9,17H2,1-2H3. The molecule has 2 aromatic rings. The van der Waals surface area contributed by atoms with E-state index in [-0.39, 0.29) is 18.9 Å². The highest BCUT2D eigenvalue weighted by Gasteiger charge is 2.17. The number of hydrogen-bond donors (Lipinski definition) is 1. The Morgan fingerprint density at radius 1 is 1.24 bits per heavy atom. The summed E-state index contributed by atoms with van der Waals surface area (Å²) in [6.45, 7) is 4.96. The molecule has 2 N–H and O–H groups in total. The van der Waals surface area contributed by atoms with Gasteiger partial charge in [-0.2, -0.15) is 0 Å². The van der Waals surface area contributed by atoms with Crippen LogP contribution in [0, 0.1) is 6.92 Å². The molecule has 1 aromatic heterocycles. The largest absolute Gasteiger partial charge is 0.454 e. The summed E-state index contributed by atoms with van der Waals surface area (Å²) in [4.78, 5) is 12.5. The topological polar surface area (TPSA) is 66.5 Å². The van der Waals surface area contributed by atoms with Crippen molar-refractivity contribution in [3.05, 3.63) is 45.7 Å². The predicted octanol–water partition coefficient (Wildman–Crippen LogP) is 2.03. The maximum Gasteiger partial charge on any atom is 0.255 e. The Balaban J connectivity index is 2.20. The molecular formula is C16H18N2O3. The van der Waals surface area contributed by atoms with Crippen LogP contribution in [0.15, 0.2) is 29.1 Å². The average molecular weight is 286 g/mol. The number of pyridine rings is 1. The molecule has 21 heavy (non-hydrogen) atoms. The van der Waals surface area contributed by atoms with Crippen molar-refractivity contribution in [1.29, 1.82) is 0 Å². The second-order valence-corrected chi connectivity index (χ2v) is 5.01. The average Bonchev–Trinajstić information content (AvgIpc) is 2.94. The fourth-order valence-corrected chi connectivity index (χ4v) is 2.67. The molecule has 0 saturated heterocycles. The van der Waals surface area contributed by atoms with Gasteiger partial charge in [-0.1, -0.05) is 0 Å². The van der Waals surface area contributed by atoms with Crippen molar-refractivity contribution in [2.75, 3.05) is 6.79 Å². The molecule has 0 radical (unpaired) electrons. The first-order valence-electron chi connectivity index (χ1n) is 6.99. The summed E-state index contributed by atoms with van der Waals surface area (Å²) in [6, 6.07) is 7.72. The first-order chi connectivity index (χ1) is 10.2. The van der Waals surface area contributed by atoms with Gasteiger partial charge in [0.2, 0.25) is 6.79 Å². The zero-order chi connectivity index (χ0) is 15.0. The van der Waals surface area contributed by atoms with Crippen LogP contribution in [0.25, 0.3) is 11.3 Å². The third kappa shape index (κ3) is 2.19. The summed E-state index contributed by atoms with van der Waals surface area (Å²) in [7, 11) is 0. The van der Waals surface area contributed by atoms with E-state index in [4.69, 9.17) is 15.2 Å². The number of fused-ring (bicyclic) bond motifs is 1. The Labute approximate surface area is 122 Å². The SMILES string of the molecule is CCn1c(-c2ccc3c(c2)OCO3)cc(C)c(CN)c1=O. The third-order valence-corrected chi connectivity index (χ3v) is 3.81. The molecule has 1 aliphatic rings. The van der Waals surface area contributed by atoms with Crippen LogP contribution in [-0.2, 0) is 13.1 Å². The van der Waals surface area contributed by atoms with Crippen LogP contribution in [0.2, 0.25) is 0 Å². The smallest absolute Gasteiger partial charge is 0.255 e. The number of aromatic nitrogens is 1. The lowest BCUT2D eigenvalue weighted by atomic mass is 10.0. The number of rotatable bonds is 3. The van der Waals surface area contributed by atoms with Crippen molar-refractivity contribution < 1.29 is 9.47 Å². The molecule has 5 nitrogen and oxygen atoms in total. The van der Waals surface area contributed by atoms with E-state index in [9.17, 15) is 4.79 Å². The molecule has 0 atom stereocenters. The number of ether oxygens (including phenoxy) is 2. The summed E-state index contributed by atoms with van der Waals surface area (Å²) < 4.78 is 12.5. The summed E-state index contributed by atoms with van der Waals surface area (Å²) in [6.07, 6.45) is 0. The van der Waals surface area contributed by atoms with E-state index in [1.54, 1.807) is 4.57 Å². The summed E-state index contributed by atoms with van der Waals surface area (Å²) >= 11 is 0. The van der Waals surface area contributed by atoms with Crippen LogP contribution in [0.3, 0.4) is 0 Å². The van der Waals surface area contributed by atoms with E-state index < -0.39 is 0 Å². The van der Waals surface area contributed by atoms with E-state index in [0.29, 0.717) is 17.9 Å². The second-order valence-electron chi connectivity index (χ2n) is 5.01. The van der Waals surface area contributed by atoms with Gasteiger partial charge < -0.3 is 19.8 Å². The van der Waals surface area contributed by atoms with E-state index in [1.807, 2.05) is 38.1 Å². The van der Waals surface area contributed by atoms with E-state index in [2.05, 4.69) is 0 Å². The van der Waals surface area contributed by atoms with Crippen LogP contribution in [0.5, 0.6) is 11.5 Å². The predicted molar refractivity (Wildman–Crippen MR) is 80.6 cm³/mol. The van der Waals surface area contributed by atoms with Crippen molar-refractivity contribution >= 4 is 0 Å². The molecular weight excluding hydrogens is 268 g/mol. The zero-order valence-electron chi connectivity index (χ0n) is 12.2. The Kier molecular flexibility index (Phi) is 3.43. The van der Waals surface area contributed by atoms with Crippen molar-refractivity contribution in [3.63, 3.8) is 0 Å². The van der Waals surface area contributed by atoms with Gasteiger partial charge in [0.1, 0.15) is 0 Å². The van der Waals surface area contributed by atoms with Gasteiger partial charge in [0.15, 0.2) is 11.5 Å². The Bertz CT molecular complexity index is 750. The Morgan fingerprint density at radius 3 is 2.71 bits per heavy atom. The number of hydrogen-bond acceptors (Lipinski definition) is 4. The van der Waals surface area contributed by atoms with Gasteiger partial charge in [-0.05, 0) is 43.7 Å². The molecule has 3 rings (SSSR count). The van der Waals surface area contributed by atoms with Crippen LogP contribution in [0.1, 0.15) is 18.1 Å². The lowest BCUT2D eigenvalue weighted by molar-refractivity contribution is 0.174. The Hall–Kier alpha value is -2.27. The van der Waals surface area contributed by atoms with Gasteiger partial charge in [-0.15, -0.1) is 0 Å². The zero-order valence-corrected chi connectivity index (χ0v) is 12.2. The van der Waals surface area contributed by atoms with Crippen LogP contribution >= 0.6 is 0 Å². The second kappa shape index (κ2) is 5.26. The molecule has 0 saturated carbocycles. The van der Waals surface area contributed by atoms with Crippen molar-refractivity contribution in [3.8, 4) is 22.8 Å². The minimum absolute atomic E-state index is 0.0207. The number of benzene rings is 1. The number of nitrogens with zero attached hydrogens (tertiary/aromatic N) is 1. The molecule has 0 spiro atoms. The monoisotopic (exact) mass is 286 g/mol. The molecule has 1 aromatic carbocycles. The Morgan fingerprint density at radius 2 is 2.00 bits per heavy atom. The van der Waals surface area contributed by atoms with Gasteiger partial charge in [0.05, 0.1) is 5.69 Å². The van der Waals surface area contributed by atoms with Gasteiger partial charge in [0.25, 0.3) is 5.56 Å². The molecule has 5 heteroatoms. The molecule has 2 heterocycles. The molecule has 0 bridgehead atoms. The van der Waals surface area contributed by atoms with E-state index in [1.165, 1.54) is 0 Å². The molecule has 0 aliphatic carbocycles. The number of nitrogens with two attached hydrogens (primary N) is 1. The molecule has 0 fully saturated rings. The van der Waals surface area contributed by atoms with Crippen LogP contribution in [0.4, 0.5) is 0 Å². The molecule has 0 amide bonds. The van der Waals surface area contributed by atoms with Crippen molar-refractivity contribution in [2.45, 2.75) is 26.9 Å². The van der Waals surface area contributed by atoms with E-state index in [0.717, 1.165) is 22.6 Å². The highest BCUT2D eigenvalue weighted by molar-refractivity contribution is 5.65. The minimum atomic E-state index is -0.0207. The first kappa shape index (κ1) is 13.7. The minimum Gasteiger partial charge on any atom is -0.454 e. The third-order valence-electron chi connectivity index (χ3n) is 3.81. The normalized spacial score (nSPS) is 12.7. The summed E-state index contributed by atoms with van der Waals surface area (Å²) in [5.74, 6) is 1.45. The van der Waals surface area contributed by atoms with Gasteiger partial charge >= 0.3 is 0 Å². The maximum absolute atomic E-state index is 12.5. The van der Waals surface area contributed by atoms with Crippen molar-refractivity contribution in [2.24, 2.45) is 5.73 Å². The highest BCUT2D eigenvalue weighted by atomic mass is 16.7. The van der Waals surface area contributed by atoms with Gasteiger partial charge in [-0.3, -0.25) is 4.79 Å². The highest BCUT2D eigenvalue weighted by Crippen LogP contribution is 2.35. The summed E-state index contributed by atoms with van der Waals surface area (Å²) in [5, 5.41) is 0. The lowest BCUT2D eigenvalue weighted by Crippen LogP contribution is -2.27. The van der Waals surface area contributed by atoms with Gasteiger partial charge in [0, 0.05) is 24.2 Å².